The third kappa shape index (κ3) is 5.30. The van der Waals surface area contributed by atoms with Gasteiger partial charge in [0.2, 0.25) is 0 Å². The maximum Gasteiger partial charge on any atom is 0.258 e. The molecule has 2 rings (SSSR count). The second kappa shape index (κ2) is 9.28. The third-order valence-corrected chi connectivity index (χ3v) is 3.64. The van der Waals surface area contributed by atoms with Crippen LogP contribution in [0.4, 0.5) is 8.78 Å². The molecule has 1 aliphatic heterocycles. The van der Waals surface area contributed by atoms with Crippen LogP contribution in [0.5, 0.6) is 0 Å². The van der Waals surface area contributed by atoms with Gasteiger partial charge < -0.3 is 5.32 Å². The van der Waals surface area contributed by atoms with Crippen LogP contribution in [0.3, 0.4) is 0 Å². The lowest BCUT2D eigenvalue weighted by atomic mass is 10.1. The van der Waals surface area contributed by atoms with E-state index >= 15 is 0 Å². The summed E-state index contributed by atoms with van der Waals surface area (Å²) in [5.41, 5.74) is 0.716. The minimum Gasteiger partial charge on any atom is -0.314 e. The summed E-state index contributed by atoms with van der Waals surface area (Å²) in [5, 5.41) is 3.18. The van der Waals surface area contributed by atoms with Crippen LogP contribution < -0.4 is 5.32 Å². The van der Waals surface area contributed by atoms with Gasteiger partial charge in [0, 0.05) is 29.7 Å². The Labute approximate surface area is 138 Å². The molecule has 0 radical (unpaired) electrons. The van der Waals surface area contributed by atoms with Gasteiger partial charge in [0.1, 0.15) is 0 Å². The minimum absolute atomic E-state index is 0. The van der Waals surface area contributed by atoms with Gasteiger partial charge in [0.05, 0.1) is 6.04 Å². The van der Waals surface area contributed by atoms with Gasteiger partial charge in [-0.05, 0) is 40.3 Å². The first-order valence-corrected chi connectivity index (χ1v) is 6.75. The Morgan fingerprint density at radius 2 is 1.79 bits per heavy atom. The minimum atomic E-state index is -2.34. The predicted molar refractivity (Wildman–Crippen MR) is 86.8 cm³/mol. The van der Waals surface area contributed by atoms with E-state index in [-0.39, 0.29) is 24.8 Å². The Hall–Kier alpha value is 0.310. The first-order chi connectivity index (χ1) is 8.18. The number of hydrogen-bond acceptors (Lipinski definition) is 2. The quantitative estimate of drug-likeness (QED) is 0.748. The first kappa shape index (κ1) is 19.3. The molecular weight excluding hydrogens is 408 g/mol. The van der Waals surface area contributed by atoms with E-state index in [1.807, 2.05) is 23.1 Å². The molecule has 1 aliphatic rings. The summed E-state index contributed by atoms with van der Waals surface area (Å²) in [6.07, 6.45) is -2.34. The van der Waals surface area contributed by atoms with Crippen LogP contribution in [-0.4, -0.2) is 37.5 Å². The first-order valence-electron chi connectivity index (χ1n) is 5.67. The number of halogens is 5. The fourth-order valence-corrected chi connectivity index (χ4v) is 2.73. The average molecular weight is 425 g/mol. The molecule has 0 unspecified atom stereocenters. The molecule has 0 bridgehead atoms. The number of nitrogens with one attached hydrogen (secondary N) is 1. The maximum atomic E-state index is 13.2. The molecule has 1 aromatic carbocycles. The molecule has 0 saturated carbocycles. The molecule has 0 aliphatic carbocycles. The molecule has 19 heavy (non-hydrogen) atoms. The highest BCUT2D eigenvalue weighted by Gasteiger charge is 2.29. The molecule has 1 atom stereocenters. The summed E-state index contributed by atoms with van der Waals surface area (Å²) < 4.78 is 27.5. The van der Waals surface area contributed by atoms with Crippen molar-refractivity contribution >= 4 is 47.4 Å². The van der Waals surface area contributed by atoms with Gasteiger partial charge in [-0.15, -0.1) is 24.8 Å². The standard InChI is InChI=1S/C12H15F2IN2.2ClH/c13-12(14)11(17-6-4-16-5-7-17)9-2-1-3-10(15)8-9;;/h1-3,8,11-12,16H,4-7H2;2*1H/t11-;;/m0../s1. The van der Waals surface area contributed by atoms with Crippen molar-refractivity contribution in [3.63, 3.8) is 0 Å². The van der Waals surface area contributed by atoms with Crippen molar-refractivity contribution in [3.05, 3.63) is 33.4 Å². The Balaban J connectivity index is 0.00000162. The van der Waals surface area contributed by atoms with Gasteiger partial charge in [0.15, 0.2) is 0 Å². The Morgan fingerprint density at radius 3 is 2.32 bits per heavy atom. The summed E-state index contributed by atoms with van der Waals surface area (Å²) in [4.78, 5) is 1.87. The molecule has 110 valence electrons. The van der Waals surface area contributed by atoms with Crippen LogP contribution >= 0.6 is 47.4 Å². The molecule has 0 spiro atoms. The van der Waals surface area contributed by atoms with Crippen molar-refractivity contribution < 1.29 is 8.78 Å². The van der Waals surface area contributed by atoms with Gasteiger partial charge in [-0.1, -0.05) is 12.1 Å². The van der Waals surface area contributed by atoms with E-state index < -0.39 is 12.5 Å². The molecule has 0 aromatic heterocycles. The van der Waals surface area contributed by atoms with Gasteiger partial charge >= 0.3 is 0 Å². The third-order valence-electron chi connectivity index (χ3n) is 2.97. The molecular formula is C12H17Cl2F2IN2. The fraction of sp³-hybridized carbons (Fsp3) is 0.500. The van der Waals surface area contributed by atoms with Crippen LogP contribution in [0.1, 0.15) is 11.6 Å². The maximum absolute atomic E-state index is 13.2. The Bertz CT molecular complexity index is 377. The zero-order valence-electron chi connectivity index (χ0n) is 10.2. The lowest BCUT2D eigenvalue weighted by molar-refractivity contribution is 0.0181. The largest absolute Gasteiger partial charge is 0.314 e. The number of nitrogens with zero attached hydrogens (tertiary/aromatic N) is 1. The van der Waals surface area contributed by atoms with Crippen LogP contribution in [0.25, 0.3) is 0 Å². The van der Waals surface area contributed by atoms with Crippen molar-refractivity contribution in [1.82, 2.24) is 10.2 Å². The van der Waals surface area contributed by atoms with Crippen LogP contribution in [0.2, 0.25) is 0 Å². The van der Waals surface area contributed by atoms with Crippen molar-refractivity contribution in [2.75, 3.05) is 26.2 Å². The topological polar surface area (TPSA) is 15.3 Å². The highest BCUT2D eigenvalue weighted by atomic mass is 127. The molecule has 1 fully saturated rings. The number of piperazine rings is 1. The number of alkyl halides is 2. The van der Waals surface area contributed by atoms with Crippen molar-refractivity contribution in [3.8, 4) is 0 Å². The summed E-state index contributed by atoms with van der Waals surface area (Å²) in [6, 6.07) is 6.63. The zero-order chi connectivity index (χ0) is 12.3. The predicted octanol–water partition coefficient (Wildman–Crippen LogP) is 3.35. The zero-order valence-corrected chi connectivity index (χ0v) is 14.0. The van der Waals surface area contributed by atoms with E-state index in [0.29, 0.717) is 18.7 Å². The number of rotatable bonds is 3. The van der Waals surface area contributed by atoms with E-state index in [0.717, 1.165) is 16.7 Å². The smallest absolute Gasteiger partial charge is 0.258 e. The number of hydrogen-bond donors (Lipinski definition) is 1. The summed E-state index contributed by atoms with van der Waals surface area (Å²) in [7, 11) is 0. The van der Waals surface area contributed by atoms with Crippen molar-refractivity contribution in [2.45, 2.75) is 12.5 Å². The van der Waals surface area contributed by atoms with E-state index in [1.54, 1.807) is 6.07 Å². The highest BCUT2D eigenvalue weighted by molar-refractivity contribution is 14.1. The normalized spacial score (nSPS) is 17.5. The second-order valence-corrected chi connectivity index (χ2v) is 5.37. The van der Waals surface area contributed by atoms with E-state index in [1.165, 1.54) is 0 Å². The second-order valence-electron chi connectivity index (χ2n) is 4.12. The lowest BCUT2D eigenvalue weighted by Crippen LogP contribution is -2.46. The van der Waals surface area contributed by atoms with E-state index in [9.17, 15) is 8.78 Å². The lowest BCUT2D eigenvalue weighted by Gasteiger charge is -2.34. The molecule has 2 nitrogen and oxygen atoms in total. The summed E-state index contributed by atoms with van der Waals surface area (Å²) in [5.74, 6) is 0. The van der Waals surface area contributed by atoms with Crippen LogP contribution in [0.15, 0.2) is 24.3 Å². The average Bonchev–Trinajstić information content (AvgIpc) is 2.30. The van der Waals surface area contributed by atoms with Gasteiger partial charge in [0.25, 0.3) is 6.43 Å². The molecule has 1 N–H and O–H groups in total. The summed E-state index contributed by atoms with van der Waals surface area (Å²) >= 11 is 2.16. The molecule has 1 saturated heterocycles. The van der Waals surface area contributed by atoms with Crippen LogP contribution in [-0.2, 0) is 0 Å². The van der Waals surface area contributed by atoms with Gasteiger partial charge in [-0.25, -0.2) is 8.78 Å². The van der Waals surface area contributed by atoms with E-state index in [4.69, 9.17) is 0 Å². The number of benzene rings is 1. The van der Waals surface area contributed by atoms with Crippen molar-refractivity contribution in [2.24, 2.45) is 0 Å². The van der Waals surface area contributed by atoms with Crippen molar-refractivity contribution in [1.29, 1.82) is 0 Å². The molecule has 7 heteroatoms. The molecule has 1 aromatic rings. The molecule has 1 heterocycles. The van der Waals surface area contributed by atoms with Crippen LogP contribution in [0, 0.1) is 3.57 Å². The Kier molecular flexibility index (Phi) is 9.43. The fourth-order valence-electron chi connectivity index (χ4n) is 2.17. The van der Waals surface area contributed by atoms with E-state index in [2.05, 4.69) is 27.9 Å². The SMILES string of the molecule is Cl.Cl.FC(F)[C@H](c1cccc(I)c1)N1CCNCC1. The highest BCUT2D eigenvalue weighted by Crippen LogP contribution is 2.28. The Morgan fingerprint density at radius 1 is 1.16 bits per heavy atom. The molecule has 0 amide bonds. The van der Waals surface area contributed by atoms with Gasteiger partial charge in [-0.2, -0.15) is 0 Å². The summed E-state index contributed by atoms with van der Waals surface area (Å²) in [6.45, 7) is 2.93. The monoisotopic (exact) mass is 424 g/mol. The van der Waals surface area contributed by atoms with Gasteiger partial charge in [-0.3, -0.25) is 4.90 Å².